The molecule has 0 aromatic rings. The molecule has 3 heteroatoms. The van der Waals surface area contributed by atoms with Crippen molar-refractivity contribution in [3.05, 3.63) is 0 Å². The van der Waals surface area contributed by atoms with Crippen molar-refractivity contribution in [2.75, 3.05) is 33.7 Å². The Morgan fingerprint density at radius 1 is 1.06 bits per heavy atom. The van der Waals surface area contributed by atoms with Gasteiger partial charge in [0, 0.05) is 12.6 Å². The number of nitrogens with zero attached hydrogens (tertiary/aromatic N) is 2. The first kappa shape index (κ1) is 13.3. The number of hydrogen-bond acceptors (Lipinski definition) is 3. The Balaban J connectivity index is 1.78. The van der Waals surface area contributed by atoms with Crippen LogP contribution in [0.4, 0.5) is 0 Å². The Bertz CT molecular complexity index is 224. The van der Waals surface area contributed by atoms with E-state index < -0.39 is 0 Å². The largest absolute Gasteiger partial charge is 0.391 e. The van der Waals surface area contributed by atoms with Crippen LogP contribution in [0.3, 0.4) is 0 Å². The highest BCUT2D eigenvalue weighted by Gasteiger charge is 2.31. The minimum atomic E-state index is -0.0610. The van der Waals surface area contributed by atoms with E-state index in [0.29, 0.717) is 6.04 Å². The lowest BCUT2D eigenvalue weighted by molar-refractivity contribution is 0.00233. The molecule has 2 rings (SSSR count). The third-order valence-corrected chi connectivity index (χ3v) is 4.44. The predicted molar refractivity (Wildman–Crippen MR) is 71.1 cm³/mol. The van der Waals surface area contributed by atoms with Crippen molar-refractivity contribution >= 4 is 0 Å². The van der Waals surface area contributed by atoms with Crippen LogP contribution in [0.15, 0.2) is 0 Å². The van der Waals surface area contributed by atoms with E-state index in [2.05, 4.69) is 23.9 Å². The molecule has 100 valence electrons. The molecule has 1 aliphatic heterocycles. The highest BCUT2D eigenvalue weighted by molar-refractivity contribution is 4.86. The zero-order valence-electron chi connectivity index (χ0n) is 11.4. The van der Waals surface area contributed by atoms with E-state index >= 15 is 0 Å². The molecule has 0 amide bonds. The highest BCUT2D eigenvalue weighted by Crippen LogP contribution is 2.27. The molecule has 17 heavy (non-hydrogen) atoms. The Morgan fingerprint density at radius 3 is 2.29 bits per heavy atom. The molecule has 0 aromatic heterocycles. The van der Waals surface area contributed by atoms with Gasteiger partial charge in [0.2, 0.25) is 0 Å². The molecule has 2 fully saturated rings. The van der Waals surface area contributed by atoms with Crippen LogP contribution < -0.4 is 0 Å². The van der Waals surface area contributed by atoms with Crippen LogP contribution in [-0.2, 0) is 0 Å². The summed E-state index contributed by atoms with van der Waals surface area (Å²) in [6.45, 7) is 3.61. The first-order chi connectivity index (χ1) is 8.16. The van der Waals surface area contributed by atoms with Gasteiger partial charge in [0.15, 0.2) is 0 Å². The quantitative estimate of drug-likeness (QED) is 0.811. The number of likely N-dealkylation sites (tertiary alicyclic amines) is 1. The van der Waals surface area contributed by atoms with Gasteiger partial charge in [0.25, 0.3) is 0 Å². The third kappa shape index (κ3) is 3.67. The van der Waals surface area contributed by atoms with E-state index in [-0.39, 0.29) is 6.10 Å². The molecule has 1 heterocycles. The van der Waals surface area contributed by atoms with Crippen LogP contribution in [0.2, 0.25) is 0 Å². The van der Waals surface area contributed by atoms with Crippen molar-refractivity contribution < 1.29 is 5.11 Å². The summed E-state index contributed by atoms with van der Waals surface area (Å²) in [5.41, 5.74) is 0. The van der Waals surface area contributed by atoms with Gasteiger partial charge in [-0.2, -0.15) is 0 Å². The van der Waals surface area contributed by atoms with Crippen molar-refractivity contribution in [2.45, 2.75) is 50.7 Å². The van der Waals surface area contributed by atoms with Gasteiger partial charge in [0.1, 0.15) is 0 Å². The first-order valence-corrected chi connectivity index (χ1v) is 7.23. The lowest BCUT2D eigenvalue weighted by Crippen LogP contribution is -2.49. The number of piperidine rings is 1. The summed E-state index contributed by atoms with van der Waals surface area (Å²) in [6.07, 6.45) is 7.30. The Morgan fingerprint density at radius 2 is 1.71 bits per heavy atom. The standard InChI is InChI=1S/C14H28N2O/c1-15(2)11-12-7-9-16(10-8-12)13-5-3-4-6-14(13)17/h12-14,17H,3-11H2,1-2H3. The van der Waals surface area contributed by atoms with E-state index in [1.165, 1.54) is 51.7 Å². The molecule has 0 radical (unpaired) electrons. The molecule has 3 nitrogen and oxygen atoms in total. The monoisotopic (exact) mass is 240 g/mol. The molecule has 1 saturated carbocycles. The second-order valence-corrected chi connectivity index (χ2v) is 6.16. The Hall–Kier alpha value is -0.120. The fraction of sp³-hybridized carbons (Fsp3) is 1.00. The molecule has 0 bridgehead atoms. The van der Waals surface area contributed by atoms with Crippen LogP contribution in [0, 0.1) is 5.92 Å². The van der Waals surface area contributed by atoms with Gasteiger partial charge in [-0.1, -0.05) is 12.8 Å². The molecule has 1 aliphatic carbocycles. The van der Waals surface area contributed by atoms with Gasteiger partial charge in [-0.15, -0.1) is 0 Å². The third-order valence-electron chi connectivity index (χ3n) is 4.44. The molecule has 2 aliphatic rings. The zero-order valence-corrected chi connectivity index (χ0v) is 11.4. The van der Waals surface area contributed by atoms with Gasteiger partial charge >= 0.3 is 0 Å². The van der Waals surface area contributed by atoms with E-state index in [4.69, 9.17) is 0 Å². The van der Waals surface area contributed by atoms with Crippen LogP contribution in [0.1, 0.15) is 38.5 Å². The maximum absolute atomic E-state index is 10.1. The van der Waals surface area contributed by atoms with Gasteiger partial charge in [0.05, 0.1) is 6.10 Å². The summed E-state index contributed by atoms with van der Waals surface area (Å²) in [5, 5.41) is 10.1. The Labute approximate surface area is 106 Å². The minimum absolute atomic E-state index is 0.0610. The molecular formula is C14H28N2O. The summed E-state index contributed by atoms with van der Waals surface area (Å²) >= 11 is 0. The molecular weight excluding hydrogens is 212 g/mol. The smallest absolute Gasteiger partial charge is 0.0695 e. The normalized spacial score (nSPS) is 33.2. The van der Waals surface area contributed by atoms with Crippen molar-refractivity contribution in [3.8, 4) is 0 Å². The molecule has 0 spiro atoms. The SMILES string of the molecule is CN(C)CC1CCN(C2CCCCC2O)CC1. The maximum Gasteiger partial charge on any atom is 0.0695 e. The summed E-state index contributed by atoms with van der Waals surface area (Å²) < 4.78 is 0. The number of rotatable bonds is 3. The summed E-state index contributed by atoms with van der Waals surface area (Å²) in [7, 11) is 4.33. The topological polar surface area (TPSA) is 26.7 Å². The van der Waals surface area contributed by atoms with Crippen molar-refractivity contribution in [2.24, 2.45) is 5.92 Å². The lowest BCUT2D eigenvalue weighted by Gasteiger charge is -2.42. The molecule has 2 unspecified atom stereocenters. The molecule has 1 N–H and O–H groups in total. The van der Waals surface area contributed by atoms with E-state index in [1.807, 2.05) is 0 Å². The number of aliphatic hydroxyl groups excluding tert-OH is 1. The van der Waals surface area contributed by atoms with Crippen LogP contribution in [0.25, 0.3) is 0 Å². The predicted octanol–water partition coefficient (Wildman–Crippen LogP) is 1.56. The number of aliphatic hydroxyl groups is 1. The second-order valence-electron chi connectivity index (χ2n) is 6.16. The fourth-order valence-corrected chi connectivity index (χ4v) is 3.50. The zero-order chi connectivity index (χ0) is 12.3. The highest BCUT2D eigenvalue weighted by atomic mass is 16.3. The van der Waals surface area contributed by atoms with Crippen molar-refractivity contribution in [3.63, 3.8) is 0 Å². The molecule has 2 atom stereocenters. The summed E-state index contributed by atoms with van der Waals surface area (Å²) in [5.74, 6) is 0.863. The molecule has 0 aromatic carbocycles. The van der Waals surface area contributed by atoms with Crippen molar-refractivity contribution in [1.82, 2.24) is 9.80 Å². The minimum Gasteiger partial charge on any atom is -0.391 e. The summed E-state index contributed by atoms with van der Waals surface area (Å²) in [4.78, 5) is 4.85. The summed E-state index contributed by atoms with van der Waals surface area (Å²) in [6, 6.07) is 0.462. The van der Waals surface area contributed by atoms with Crippen LogP contribution in [-0.4, -0.2) is 60.8 Å². The van der Waals surface area contributed by atoms with Crippen LogP contribution >= 0.6 is 0 Å². The van der Waals surface area contributed by atoms with Gasteiger partial charge < -0.3 is 10.0 Å². The average molecular weight is 240 g/mol. The lowest BCUT2D eigenvalue weighted by atomic mass is 9.88. The van der Waals surface area contributed by atoms with Gasteiger partial charge in [-0.3, -0.25) is 4.90 Å². The first-order valence-electron chi connectivity index (χ1n) is 7.23. The van der Waals surface area contributed by atoms with E-state index in [9.17, 15) is 5.11 Å². The van der Waals surface area contributed by atoms with E-state index in [1.54, 1.807) is 0 Å². The average Bonchev–Trinajstić information content (AvgIpc) is 2.30. The second kappa shape index (κ2) is 6.17. The van der Waals surface area contributed by atoms with E-state index in [0.717, 1.165) is 12.3 Å². The van der Waals surface area contributed by atoms with Crippen LogP contribution in [0.5, 0.6) is 0 Å². The van der Waals surface area contributed by atoms with Gasteiger partial charge in [-0.05, 0) is 58.8 Å². The molecule has 1 saturated heterocycles. The Kier molecular flexibility index (Phi) is 4.83. The van der Waals surface area contributed by atoms with Crippen molar-refractivity contribution in [1.29, 1.82) is 0 Å². The maximum atomic E-state index is 10.1. The number of hydrogen-bond donors (Lipinski definition) is 1. The van der Waals surface area contributed by atoms with Gasteiger partial charge in [-0.25, -0.2) is 0 Å². The fourth-order valence-electron chi connectivity index (χ4n) is 3.50.